The van der Waals surface area contributed by atoms with Crippen LogP contribution in [-0.2, 0) is 19.1 Å². The van der Waals surface area contributed by atoms with Crippen molar-refractivity contribution in [2.75, 3.05) is 19.8 Å². The molecule has 5 nitrogen and oxygen atoms in total. The van der Waals surface area contributed by atoms with E-state index in [0.717, 1.165) is 12.8 Å². The highest BCUT2D eigenvalue weighted by atomic mass is 16.6. The van der Waals surface area contributed by atoms with Gasteiger partial charge in [-0.3, -0.25) is 9.59 Å². The van der Waals surface area contributed by atoms with E-state index in [2.05, 4.69) is 27.0 Å². The third-order valence-corrected chi connectivity index (χ3v) is 6.30. The van der Waals surface area contributed by atoms with Gasteiger partial charge in [0.05, 0.1) is 13.0 Å². The van der Waals surface area contributed by atoms with Crippen LogP contribution in [0.25, 0.3) is 0 Å². The van der Waals surface area contributed by atoms with Gasteiger partial charge < -0.3 is 14.8 Å². The molecule has 0 rings (SSSR count). The summed E-state index contributed by atoms with van der Waals surface area (Å²) in [4.78, 5) is 24.4. The molecular weight excluding hydrogens is 449 g/mol. The lowest BCUT2D eigenvalue weighted by Crippen LogP contribution is -2.35. The maximum atomic E-state index is 12.3. The summed E-state index contributed by atoms with van der Waals surface area (Å²) < 4.78 is 11.4. The lowest BCUT2D eigenvalue weighted by Gasteiger charge is -2.29. The van der Waals surface area contributed by atoms with Gasteiger partial charge in [-0.25, -0.2) is 0 Å². The van der Waals surface area contributed by atoms with Crippen LogP contribution in [0.2, 0.25) is 5.31 Å². The van der Waals surface area contributed by atoms with Crippen molar-refractivity contribution in [3.05, 3.63) is 0 Å². The molecule has 0 saturated carbocycles. The second-order valence-electron chi connectivity index (χ2n) is 13.4. The zero-order chi connectivity index (χ0) is 27.5. The topological polar surface area (TPSA) is 64.6 Å². The van der Waals surface area contributed by atoms with Crippen LogP contribution >= 0.6 is 0 Å². The van der Waals surface area contributed by atoms with Crippen molar-refractivity contribution in [1.29, 1.82) is 0 Å². The lowest BCUT2D eigenvalue weighted by molar-refractivity contribution is -0.158. The zero-order valence-corrected chi connectivity index (χ0v) is 25.4. The minimum atomic E-state index is -0.471. The number of hydrogen-bond donors (Lipinski definition) is 1. The van der Waals surface area contributed by atoms with Crippen molar-refractivity contribution >= 4 is 19.7 Å². The van der Waals surface area contributed by atoms with Crippen LogP contribution < -0.4 is 5.32 Å². The zero-order valence-electron chi connectivity index (χ0n) is 25.4. The molecule has 1 amide bonds. The molecule has 0 aliphatic heterocycles. The van der Waals surface area contributed by atoms with Gasteiger partial charge in [0.1, 0.15) is 13.4 Å². The number of hydrogen-bond acceptors (Lipinski definition) is 4. The first kappa shape index (κ1) is 35.0. The van der Waals surface area contributed by atoms with E-state index in [4.69, 9.17) is 9.47 Å². The first-order chi connectivity index (χ1) is 16.8. The smallest absolute Gasteiger partial charge is 0.306 e. The number of carbonyl (C=O) groups is 2. The number of unbranched alkanes of at least 4 members (excludes halogenated alkanes) is 12. The molecule has 0 aromatic heterocycles. The highest BCUT2D eigenvalue weighted by Gasteiger charge is 2.27. The Hall–Kier alpha value is -1.04. The highest BCUT2D eigenvalue weighted by molar-refractivity contribution is 6.15. The number of nitrogens with one attached hydrogen (secondary N) is 1. The quantitative estimate of drug-likeness (QED) is 0.0955. The van der Waals surface area contributed by atoms with Crippen molar-refractivity contribution in [3.63, 3.8) is 0 Å². The SMILES string of the molecule is BC(C)(CNC(=O)CCCCCCCCCCCCCCC)COCC(C)(C)CC(=O)OC(C)(C)C. The van der Waals surface area contributed by atoms with Gasteiger partial charge in [0.2, 0.25) is 5.91 Å². The van der Waals surface area contributed by atoms with Crippen LogP contribution in [0.4, 0.5) is 0 Å². The molecule has 1 unspecified atom stereocenters. The van der Waals surface area contributed by atoms with E-state index in [1.807, 2.05) is 34.6 Å². The van der Waals surface area contributed by atoms with E-state index in [9.17, 15) is 9.59 Å². The van der Waals surface area contributed by atoms with Crippen LogP contribution in [0.3, 0.4) is 0 Å². The molecule has 0 aromatic rings. The van der Waals surface area contributed by atoms with E-state index in [1.165, 1.54) is 70.6 Å². The van der Waals surface area contributed by atoms with Crippen LogP contribution in [0.15, 0.2) is 0 Å². The number of esters is 1. The van der Waals surface area contributed by atoms with Crippen molar-refractivity contribution in [2.24, 2.45) is 5.41 Å². The normalized spacial score (nSPS) is 13.9. The summed E-state index contributed by atoms with van der Waals surface area (Å²) in [5.74, 6) is -0.0628. The summed E-state index contributed by atoms with van der Waals surface area (Å²) >= 11 is 0. The van der Waals surface area contributed by atoms with Gasteiger partial charge in [-0.15, -0.1) is 0 Å². The number of ether oxygens (including phenoxy) is 2. The lowest BCUT2D eigenvalue weighted by atomic mass is 9.71. The molecule has 212 valence electrons. The Kier molecular flexibility index (Phi) is 18.5. The van der Waals surface area contributed by atoms with Crippen LogP contribution in [0.5, 0.6) is 0 Å². The van der Waals surface area contributed by atoms with E-state index >= 15 is 0 Å². The Morgan fingerprint density at radius 1 is 0.722 bits per heavy atom. The molecule has 1 N–H and O–H groups in total. The fourth-order valence-corrected chi connectivity index (χ4v) is 4.20. The molecule has 0 fully saturated rings. The monoisotopic (exact) mass is 509 g/mol. The molecule has 6 heteroatoms. The van der Waals surface area contributed by atoms with Crippen LogP contribution in [0.1, 0.15) is 145 Å². The van der Waals surface area contributed by atoms with Crippen molar-refractivity contribution in [3.8, 4) is 0 Å². The average Bonchev–Trinajstić information content (AvgIpc) is 2.73. The molecule has 0 aromatic carbocycles. The molecule has 0 bridgehead atoms. The molecule has 0 aliphatic carbocycles. The predicted octanol–water partition coefficient (Wildman–Crippen LogP) is 7.17. The van der Waals surface area contributed by atoms with Crippen molar-refractivity contribution in [1.82, 2.24) is 5.32 Å². The molecule has 36 heavy (non-hydrogen) atoms. The molecule has 0 heterocycles. The molecule has 1 atom stereocenters. The minimum Gasteiger partial charge on any atom is -0.460 e. The molecule has 0 spiro atoms. The Morgan fingerprint density at radius 2 is 1.19 bits per heavy atom. The summed E-state index contributed by atoms with van der Waals surface area (Å²) in [6.07, 6.45) is 18.0. The number of rotatable bonds is 22. The Bertz CT molecular complexity index is 584. The van der Waals surface area contributed by atoms with Crippen molar-refractivity contribution in [2.45, 2.75) is 156 Å². The predicted molar refractivity (Wildman–Crippen MR) is 155 cm³/mol. The van der Waals surface area contributed by atoms with E-state index in [1.54, 1.807) is 0 Å². The molecule has 0 radical (unpaired) electrons. The largest absolute Gasteiger partial charge is 0.460 e. The Balaban J connectivity index is 3.80. The van der Waals surface area contributed by atoms with Gasteiger partial charge in [-0.05, 0) is 37.9 Å². The highest BCUT2D eigenvalue weighted by Crippen LogP contribution is 2.26. The van der Waals surface area contributed by atoms with Gasteiger partial charge in [0.15, 0.2) is 0 Å². The fraction of sp³-hybridized carbons (Fsp3) is 0.933. The summed E-state index contributed by atoms with van der Waals surface area (Å²) in [6.45, 7) is 15.6. The van der Waals surface area contributed by atoms with Crippen LogP contribution in [-0.4, -0.2) is 45.1 Å². The van der Waals surface area contributed by atoms with E-state index in [0.29, 0.717) is 32.6 Å². The minimum absolute atomic E-state index is 0.136. The van der Waals surface area contributed by atoms with Gasteiger partial charge >= 0.3 is 5.97 Å². The van der Waals surface area contributed by atoms with Gasteiger partial charge in [0.25, 0.3) is 0 Å². The third kappa shape index (κ3) is 23.4. The maximum absolute atomic E-state index is 12.3. The van der Waals surface area contributed by atoms with E-state index in [-0.39, 0.29) is 22.6 Å². The second kappa shape index (κ2) is 19.1. The third-order valence-electron chi connectivity index (χ3n) is 6.30. The van der Waals surface area contributed by atoms with Crippen molar-refractivity contribution < 1.29 is 19.1 Å². The summed E-state index contributed by atoms with van der Waals surface area (Å²) in [7, 11) is 2.10. The summed E-state index contributed by atoms with van der Waals surface area (Å²) in [5.41, 5.74) is -0.767. The van der Waals surface area contributed by atoms with Gasteiger partial charge in [-0.2, -0.15) is 0 Å². The molecular formula is C30H60BNO4. The first-order valence-corrected chi connectivity index (χ1v) is 14.8. The fourth-order valence-electron chi connectivity index (χ4n) is 4.20. The molecule has 0 saturated heterocycles. The summed E-state index contributed by atoms with van der Waals surface area (Å²) in [6, 6.07) is 0. The summed E-state index contributed by atoms with van der Waals surface area (Å²) in [5, 5.41) is 2.92. The standard InChI is InChI=1S/C30H60BNO4/c1-8-9-10-11-12-13-14-15-16-17-18-19-20-21-26(33)32-23-30(7,31)25-35-24-29(5,6)22-27(34)36-28(2,3)4/h8-25,31H2,1-7H3,(H,32,33). The van der Waals surface area contributed by atoms with E-state index < -0.39 is 5.60 Å². The second-order valence-corrected chi connectivity index (χ2v) is 13.4. The van der Waals surface area contributed by atoms with Gasteiger partial charge in [-0.1, -0.05) is 105 Å². The van der Waals surface area contributed by atoms with Gasteiger partial charge in [0, 0.05) is 19.6 Å². The average molecular weight is 510 g/mol. The maximum Gasteiger partial charge on any atom is 0.306 e. The van der Waals surface area contributed by atoms with Crippen LogP contribution in [0, 0.1) is 5.41 Å². The Labute approximate surface area is 225 Å². The molecule has 0 aliphatic rings. The number of amides is 1. The number of carbonyl (C=O) groups excluding carboxylic acids is 2. The first-order valence-electron chi connectivity index (χ1n) is 14.8. The Morgan fingerprint density at radius 3 is 1.67 bits per heavy atom.